The fourth-order valence-electron chi connectivity index (χ4n) is 3.39. The molecule has 1 saturated heterocycles. The first-order valence-corrected chi connectivity index (χ1v) is 8.99. The molecule has 3 nitrogen and oxygen atoms in total. The van der Waals surface area contributed by atoms with Crippen LogP contribution in [0.5, 0.6) is 5.75 Å². The predicted octanol–water partition coefficient (Wildman–Crippen LogP) is 4.43. The smallest absolute Gasteiger partial charge is 0.127 e. The monoisotopic (exact) mass is 351 g/mol. The highest BCUT2D eigenvalue weighted by molar-refractivity contribution is 5.88. The second kappa shape index (κ2) is 7.85. The van der Waals surface area contributed by atoms with E-state index in [1.807, 2.05) is 24.3 Å². The van der Waals surface area contributed by atoms with Crippen LogP contribution in [0, 0.1) is 5.82 Å². The van der Waals surface area contributed by atoms with Gasteiger partial charge in [0.15, 0.2) is 0 Å². The molecule has 4 heteroatoms. The maximum atomic E-state index is 13.1. The van der Waals surface area contributed by atoms with Gasteiger partial charge >= 0.3 is 0 Å². The van der Waals surface area contributed by atoms with E-state index >= 15 is 0 Å². The molecule has 3 aromatic carbocycles. The highest BCUT2D eigenvalue weighted by Crippen LogP contribution is 2.26. The van der Waals surface area contributed by atoms with Crippen molar-refractivity contribution in [2.45, 2.75) is 6.10 Å². The lowest BCUT2D eigenvalue weighted by Crippen LogP contribution is -2.40. The number of rotatable bonds is 5. The maximum absolute atomic E-state index is 13.1. The van der Waals surface area contributed by atoms with E-state index in [0.717, 1.165) is 36.3 Å². The fourth-order valence-corrected chi connectivity index (χ4v) is 3.39. The number of benzene rings is 3. The van der Waals surface area contributed by atoms with Crippen LogP contribution in [-0.2, 0) is 4.74 Å². The summed E-state index contributed by atoms with van der Waals surface area (Å²) in [6.07, 6.45) is -0.0121. The van der Waals surface area contributed by atoms with E-state index in [-0.39, 0.29) is 11.9 Å². The molecule has 0 spiro atoms. The summed E-state index contributed by atoms with van der Waals surface area (Å²) < 4.78 is 25.0. The van der Waals surface area contributed by atoms with Crippen molar-refractivity contribution in [1.82, 2.24) is 4.90 Å². The second-order valence-electron chi connectivity index (χ2n) is 6.54. The molecule has 1 heterocycles. The van der Waals surface area contributed by atoms with Crippen LogP contribution in [0.2, 0.25) is 0 Å². The van der Waals surface area contributed by atoms with Crippen molar-refractivity contribution in [3.63, 3.8) is 0 Å². The van der Waals surface area contributed by atoms with Crippen LogP contribution in [0.25, 0.3) is 10.8 Å². The van der Waals surface area contributed by atoms with E-state index in [1.165, 1.54) is 17.5 Å². The van der Waals surface area contributed by atoms with Crippen molar-refractivity contribution < 1.29 is 13.9 Å². The molecule has 0 aliphatic carbocycles. The number of hydrogen-bond acceptors (Lipinski definition) is 3. The predicted molar refractivity (Wildman–Crippen MR) is 101 cm³/mol. The molecule has 1 fully saturated rings. The van der Waals surface area contributed by atoms with Crippen LogP contribution in [0.1, 0.15) is 11.7 Å². The minimum Gasteiger partial charge on any atom is -0.492 e. The Morgan fingerprint density at radius 3 is 2.69 bits per heavy atom. The summed E-state index contributed by atoms with van der Waals surface area (Å²) in [7, 11) is 0. The Hall–Kier alpha value is -2.43. The van der Waals surface area contributed by atoms with Gasteiger partial charge in [0.05, 0.1) is 12.7 Å². The summed E-state index contributed by atoms with van der Waals surface area (Å²) in [6.45, 7) is 3.83. The molecule has 0 amide bonds. The Labute approximate surface area is 153 Å². The third-order valence-electron chi connectivity index (χ3n) is 4.81. The molecule has 4 rings (SSSR count). The van der Waals surface area contributed by atoms with Gasteiger partial charge in [-0.05, 0) is 29.1 Å². The summed E-state index contributed by atoms with van der Waals surface area (Å²) in [6, 6.07) is 21.0. The second-order valence-corrected chi connectivity index (χ2v) is 6.54. The van der Waals surface area contributed by atoms with Gasteiger partial charge < -0.3 is 9.47 Å². The lowest BCUT2D eigenvalue weighted by Gasteiger charge is -2.33. The Morgan fingerprint density at radius 2 is 1.81 bits per heavy atom. The van der Waals surface area contributed by atoms with Gasteiger partial charge in [0.25, 0.3) is 0 Å². The molecule has 0 bridgehead atoms. The molecule has 0 aromatic heterocycles. The SMILES string of the molecule is Fc1ccc(C2CN(CCOc3cccc4ccccc34)CCO2)cc1. The van der Waals surface area contributed by atoms with Crippen molar-refractivity contribution in [1.29, 1.82) is 0 Å². The average Bonchev–Trinajstić information content (AvgIpc) is 2.69. The lowest BCUT2D eigenvalue weighted by molar-refractivity contribution is -0.0329. The zero-order valence-corrected chi connectivity index (χ0v) is 14.6. The maximum Gasteiger partial charge on any atom is 0.127 e. The zero-order valence-electron chi connectivity index (χ0n) is 14.6. The molecular weight excluding hydrogens is 329 g/mol. The number of nitrogens with zero attached hydrogens (tertiary/aromatic N) is 1. The van der Waals surface area contributed by atoms with E-state index in [4.69, 9.17) is 9.47 Å². The number of ether oxygens (including phenoxy) is 2. The van der Waals surface area contributed by atoms with Gasteiger partial charge in [-0.25, -0.2) is 4.39 Å². The lowest BCUT2D eigenvalue weighted by atomic mass is 10.1. The largest absolute Gasteiger partial charge is 0.492 e. The number of morpholine rings is 1. The summed E-state index contributed by atoms with van der Waals surface area (Å²) in [5, 5.41) is 2.33. The van der Waals surface area contributed by atoms with Gasteiger partial charge in [0.2, 0.25) is 0 Å². The minimum absolute atomic E-state index is 0.0121. The molecule has 134 valence electrons. The van der Waals surface area contributed by atoms with E-state index in [9.17, 15) is 4.39 Å². The first kappa shape index (κ1) is 17.0. The molecule has 1 unspecified atom stereocenters. The van der Waals surface area contributed by atoms with Gasteiger partial charge in [0.1, 0.15) is 18.2 Å². The quantitative estimate of drug-likeness (QED) is 0.679. The van der Waals surface area contributed by atoms with Crippen LogP contribution in [-0.4, -0.2) is 37.7 Å². The van der Waals surface area contributed by atoms with Gasteiger partial charge in [-0.2, -0.15) is 0 Å². The normalized spacial score (nSPS) is 18.1. The summed E-state index contributed by atoms with van der Waals surface area (Å²) >= 11 is 0. The summed E-state index contributed by atoms with van der Waals surface area (Å²) in [5.74, 6) is 0.705. The van der Waals surface area contributed by atoms with Crippen LogP contribution in [0.4, 0.5) is 4.39 Å². The molecule has 26 heavy (non-hydrogen) atoms. The molecule has 0 saturated carbocycles. The Kier molecular flexibility index (Phi) is 5.14. The van der Waals surface area contributed by atoms with Crippen LogP contribution < -0.4 is 4.74 Å². The molecule has 0 radical (unpaired) electrons. The Balaban J connectivity index is 1.35. The van der Waals surface area contributed by atoms with Crippen LogP contribution >= 0.6 is 0 Å². The van der Waals surface area contributed by atoms with Gasteiger partial charge in [-0.1, -0.05) is 48.5 Å². The third kappa shape index (κ3) is 3.87. The molecule has 3 aromatic rings. The number of fused-ring (bicyclic) bond motifs is 1. The Bertz CT molecular complexity index is 860. The molecule has 1 atom stereocenters. The number of hydrogen-bond donors (Lipinski definition) is 0. The molecule has 1 aliphatic heterocycles. The van der Waals surface area contributed by atoms with Crippen molar-refractivity contribution in [2.75, 3.05) is 32.8 Å². The summed E-state index contributed by atoms with van der Waals surface area (Å²) in [4.78, 5) is 2.34. The highest BCUT2D eigenvalue weighted by atomic mass is 19.1. The van der Waals surface area contributed by atoms with E-state index in [1.54, 1.807) is 12.1 Å². The van der Waals surface area contributed by atoms with Crippen molar-refractivity contribution >= 4 is 10.8 Å². The van der Waals surface area contributed by atoms with Gasteiger partial charge in [0, 0.05) is 25.0 Å². The van der Waals surface area contributed by atoms with Crippen molar-refractivity contribution in [3.05, 3.63) is 78.1 Å². The van der Waals surface area contributed by atoms with E-state index < -0.39 is 0 Å². The van der Waals surface area contributed by atoms with Crippen LogP contribution in [0.3, 0.4) is 0 Å². The third-order valence-corrected chi connectivity index (χ3v) is 4.81. The van der Waals surface area contributed by atoms with E-state index in [2.05, 4.69) is 23.1 Å². The Morgan fingerprint density at radius 1 is 1.00 bits per heavy atom. The fraction of sp³-hybridized carbons (Fsp3) is 0.273. The topological polar surface area (TPSA) is 21.7 Å². The van der Waals surface area contributed by atoms with Crippen molar-refractivity contribution in [3.8, 4) is 5.75 Å². The molecule has 0 N–H and O–H groups in total. The minimum atomic E-state index is -0.218. The van der Waals surface area contributed by atoms with Crippen LogP contribution in [0.15, 0.2) is 66.7 Å². The first-order valence-electron chi connectivity index (χ1n) is 8.99. The van der Waals surface area contributed by atoms with Crippen molar-refractivity contribution in [2.24, 2.45) is 0 Å². The summed E-state index contributed by atoms with van der Waals surface area (Å²) in [5.41, 5.74) is 1.02. The standard InChI is InChI=1S/C22H22FNO2/c23-19-10-8-18(9-11-19)22-16-24(13-15-26-22)12-14-25-21-7-3-5-17-4-1-2-6-20(17)21/h1-11,22H,12-16H2. The molecular formula is C22H22FNO2. The number of halogens is 1. The van der Waals surface area contributed by atoms with Gasteiger partial charge in [-0.3, -0.25) is 4.90 Å². The van der Waals surface area contributed by atoms with E-state index in [0.29, 0.717) is 13.2 Å². The zero-order chi connectivity index (χ0) is 17.8. The first-order chi connectivity index (χ1) is 12.8. The van der Waals surface area contributed by atoms with Gasteiger partial charge in [-0.15, -0.1) is 0 Å². The average molecular weight is 351 g/mol. The highest BCUT2D eigenvalue weighted by Gasteiger charge is 2.21. The molecule has 1 aliphatic rings.